The number of aromatic nitrogens is 2. The van der Waals surface area contributed by atoms with E-state index in [1.54, 1.807) is 6.92 Å². The largest absolute Gasteiger partial charge is 0.444 e. The number of fused-ring (bicyclic) bond motifs is 2. The van der Waals surface area contributed by atoms with Gasteiger partial charge in [-0.15, -0.1) is 0 Å². The van der Waals surface area contributed by atoms with Crippen LogP contribution in [0.5, 0.6) is 0 Å². The maximum absolute atomic E-state index is 14.3. The van der Waals surface area contributed by atoms with Crippen molar-refractivity contribution in [3.63, 3.8) is 0 Å². The highest BCUT2D eigenvalue weighted by atomic mass is 19.1. The number of nitrogens with zero attached hydrogens (tertiary/aromatic N) is 3. The van der Waals surface area contributed by atoms with E-state index in [1.165, 1.54) is 6.33 Å². The first-order valence-electron chi connectivity index (χ1n) is 8.46. The molecule has 1 aromatic heterocycles. The minimum Gasteiger partial charge on any atom is -0.444 e. The molecular formula is C17H25FN4O2. The fourth-order valence-corrected chi connectivity index (χ4v) is 3.74. The lowest BCUT2D eigenvalue weighted by Crippen LogP contribution is -2.53. The molecule has 1 saturated carbocycles. The van der Waals surface area contributed by atoms with E-state index in [0.717, 1.165) is 12.8 Å². The van der Waals surface area contributed by atoms with Gasteiger partial charge in [0.2, 0.25) is 0 Å². The third-order valence-electron chi connectivity index (χ3n) is 4.76. The van der Waals surface area contributed by atoms with Crippen molar-refractivity contribution in [1.29, 1.82) is 0 Å². The molecule has 1 aliphatic heterocycles. The first-order valence-corrected chi connectivity index (χ1v) is 8.46. The highest BCUT2D eigenvalue weighted by Gasteiger charge is 2.44. The predicted octanol–water partition coefficient (Wildman–Crippen LogP) is 2.66. The Hall–Kier alpha value is -1.92. The zero-order valence-corrected chi connectivity index (χ0v) is 14.7. The Bertz CT molecular complexity index is 618. The number of piperidine rings is 1. The van der Waals surface area contributed by atoms with Crippen LogP contribution >= 0.6 is 0 Å². The molecule has 2 bridgehead atoms. The molecule has 0 radical (unpaired) electrons. The summed E-state index contributed by atoms with van der Waals surface area (Å²) in [6.45, 7) is 8.57. The minimum absolute atomic E-state index is 0.0853. The number of carbonyl (C=O) groups is 1. The van der Waals surface area contributed by atoms with Gasteiger partial charge in [0.1, 0.15) is 11.9 Å². The third kappa shape index (κ3) is 3.44. The van der Waals surface area contributed by atoms with E-state index in [-0.39, 0.29) is 29.8 Å². The average molecular weight is 336 g/mol. The van der Waals surface area contributed by atoms with Crippen LogP contribution in [0.15, 0.2) is 6.33 Å². The second kappa shape index (κ2) is 6.18. The van der Waals surface area contributed by atoms with Gasteiger partial charge in [-0.1, -0.05) is 0 Å². The van der Waals surface area contributed by atoms with Crippen LogP contribution in [0, 0.1) is 24.6 Å². The molecule has 1 aliphatic carbocycles. The number of hydrogen-bond acceptors (Lipinski definition) is 5. The molecule has 1 amide bonds. The quantitative estimate of drug-likeness (QED) is 0.899. The summed E-state index contributed by atoms with van der Waals surface area (Å²) in [5.74, 6) is 0.586. The van der Waals surface area contributed by atoms with Crippen molar-refractivity contribution in [2.45, 2.75) is 52.2 Å². The lowest BCUT2D eigenvalue weighted by molar-refractivity contribution is 0.0472. The molecule has 0 aromatic carbocycles. The molecule has 2 atom stereocenters. The van der Waals surface area contributed by atoms with Crippen molar-refractivity contribution >= 4 is 11.9 Å². The molecule has 6 nitrogen and oxygen atoms in total. The van der Waals surface area contributed by atoms with E-state index in [2.05, 4.69) is 15.3 Å². The normalized spacial score (nSPS) is 26.4. The van der Waals surface area contributed by atoms with Crippen molar-refractivity contribution in [2.75, 3.05) is 18.0 Å². The summed E-state index contributed by atoms with van der Waals surface area (Å²) in [7, 11) is 0. The van der Waals surface area contributed by atoms with E-state index in [0.29, 0.717) is 24.6 Å². The summed E-state index contributed by atoms with van der Waals surface area (Å²) < 4.78 is 19.7. The van der Waals surface area contributed by atoms with Gasteiger partial charge in [-0.3, -0.25) is 0 Å². The number of anilines is 1. The smallest absolute Gasteiger partial charge is 0.407 e. The van der Waals surface area contributed by atoms with Crippen LogP contribution in [0.4, 0.5) is 15.0 Å². The first kappa shape index (κ1) is 16.9. The molecule has 1 aromatic rings. The van der Waals surface area contributed by atoms with Crippen LogP contribution in [-0.4, -0.2) is 40.8 Å². The molecular weight excluding hydrogens is 311 g/mol. The zero-order valence-electron chi connectivity index (χ0n) is 14.7. The average Bonchev–Trinajstić information content (AvgIpc) is 2.70. The monoisotopic (exact) mass is 336 g/mol. The van der Waals surface area contributed by atoms with Gasteiger partial charge in [0.25, 0.3) is 0 Å². The Morgan fingerprint density at radius 2 is 1.92 bits per heavy atom. The number of ether oxygens (including phenoxy) is 1. The van der Waals surface area contributed by atoms with E-state index in [9.17, 15) is 9.18 Å². The molecule has 0 spiro atoms. The number of amides is 1. The highest BCUT2D eigenvalue weighted by Crippen LogP contribution is 2.39. The Morgan fingerprint density at radius 3 is 2.50 bits per heavy atom. The van der Waals surface area contributed by atoms with Crippen LogP contribution in [0.3, 0.4) is 0 Å². The number of carbonyl (C=O) groups excluding carboxylic acids is 1. The number of nitrogens with one attached hydrogen (secondary N) is 1. The predicted molar refractivity (Wildman–Crippen MR) is 88.3 cm³/mol. The van der Waals surface area contributed by atoms with Gasteiger partial charge in [0.15, 0.2) is 11.6 Å². The molecule has 7 heteroatoms. The Balaban J connectivity index is 1.68. The molecule has 1 saturated heterocycles. The highest BCUT2D eigenvalue weighted by molar-refractivity contribution is 5.68. The Kier molecular flexibility index (Phi) is 4.36. The van der Waals surface area contributed by atoms with Crippen molar-refractivity contribution < 1.29 is 13.9 Å². The third-order valence-corrected chi connectivity index (χ3v) is 4.76. The van der Waals surface area contributed by atoms with Crippen LogP contribution in [0.2, 0.25) is 0 Å². The van der Waals surface area contributed by atoms with Crippen LogP contribution < -0.4 is 10.2 Å². The van der Waals surface area contributed by atoms with Crippen LogP contribution in [0.1, 0.15) is 39.3 Å². The molecule has 24 heavy (non-hydrogen) atoms. The van der Waals surface area contributed by atoms with E-state index in [1.807, 2.05) is 25.7 Å². The standard InChI is InChI=1S/C17H25FN4O2/c1-10-13(18)15(20-9-19-10)22-7-11-5-6-12(8-22)14(11)21-16(23)24-17(2,3)4/h9,11-12,14H,5-8H2,1-4H3,(H,21,23)/t11-,12-/m0/s1. The Labute approximate surface area is 141 Å². The topological polar surface area (TPSA) is 67.4 Å². The van der Waals surface area contributed by atoms with Gasteiger partial charge < -0.3 is 15.0 Å². The minimum atomic E-state index is -0.508. The van der Waals surface area contributed by atoms with Crippen LogP contribution in [-0.2, 0) is 4.74 Å². The summed E-state index contributed by atoms with van der Waals surface area (Å²) in [6, 6.07) is 0.0853. The molecule has 2 aliphatic rings. The maximum Gasteiger partial charge on any atom is 0.407 e. The summed E-state index contributed by atoms with van der Waals surface area (Å²) in [5, 5.41) is 3.02. The lowest BCUT2D eigenvalue weighted by atomic mass is 9.92. The van der Waals surface area contributed by atoms with Gasteiger partial charge in [-0.05, 0) is 52.4 Å². The van der Waals surface area contributed by atoms with Crippen molar-refractivity contribution in [3.05, 3.63) is 17.8 Å². The summed E-state index contributed by atoms with van der Waals surface area (Å²) in [4.78, 5) is 22.1. The fourth-order valence-electron chi connectivity index (χ4n) is 3.74. The van der Waals surface area contributed by atoms with Crippen molar-refractivity contribution in [2.24, 2.45) is 11.8 Å². The van der Waals surface area contributed by atoms with E-state index in [4.69, 9.17) is 4.74 Å². The van der Waals surface area contributed by atoms with Crippen molar-refractivity contribution in [3.8, 4) is 0 Å². The molecule has 132 valence electrons. The van der Waals surface area contributed by atoms with Crippen molar-refractivity contribution in [1.82, 2.24) is 15.3 Å². The second-order valence-corrected chi connectivity index (χ2v) is 7.77. The number of halogens is 1. The summed E-state index contributed by atoms with van der Waals surface area (Å²) in [5.41, 5.74) is -0.146. The Morgan fingerprint density at radius 1 is 1.29 bits per heavy atom. The lowest BCUT2D eigenvalue weighted by Gasteiger charge is -2.39. The molecule has 2 fully saturated rings. The number of alkyl carbamates (subject to hydrolysis) is 1. The number of rotatable bonds is 2. The zero-order chi connectivity index (χ0) is 17.5. The van der Waals surface area contributed by atoms with E-state index < -0.39 is 5.60 Å². The molecule has 2 heterocycles. The SMILES string of the molecule is Cc1ncnc(N2C[C@@H]3CC[C@@H](C2)C3NC(=O)OC(C)(C)C)c1F. The van der Waals surface area contributed by atoms with Gasteiger partial charge in [-0.25, -0.2) is 19.2 Å². The van der Waals surface area contributed by atoms with Crippen LogP contribution in [0.25, 0.3) is 0 Å². The summed E-state index contributed by atoms with van der Waals surface area (Å²) >= 11 is 0. The number of aryl methyl sites for hydroxylation is 1. The first-order chi connectivity index (χ1) is 11.2. The maximum atomic E-state index is 14.3. The van der Waals surface area contributed by atoms with Gasteiger partial charge in [0, 0.05) is 19.1 Å². The second-order valence-electron chi connectivity index (χ2n) is 7.77. The molecule has 1 N–H and O–H groups in total. The van der Waals surface area contributed by atoms with E-state index >= 15 is 0 Å². The number of hydrogen-bond donors (Lipinski definition) is 1. The molecule has 3 rings (SSSR count). The fraction of sp³-hybridized carbons (Fsp3) is 0.706. The summed E-state index contributed by atoms with van der Waals surface area (Å²) in [6.07, 6.45) is 3.07. The molecule has 0 unspecified atom stereocenters. The van der Waals surface area contributed by atoms with Gasteiger partial charge in [-0.2, -0.15) is 0 Å². The van der Waals surface area contributed by atoms with Gasteiger partial charge >= 0.3 is 6.09 Å². The van der Waals surface area contributed by atoms with Gasteiger partial charge in [0.05, 0.1) is 5.69 Å².